The molecule has 0 atom stereocenters. The number of anilines is 2. The molecule has 0 aliphatic carbocycles. The van der Waals surface area contributed by atoms with E-state index in [1.54, 1.807) is 42.7 Å². The second kappa shape index (κ2) is 7.51. The SMILES string of the molecule is C=C(C(N)=O)c1ccc(Nc2ccc(C(F)(F)F)cn2)c(-c2ccncc2)c1. The summed E-state index contributed by atoms with van der Waals surface area (Å²) >= 11 is 0. The number of nitrogens with zero attached hydrogens (tertiary/aromatic N) is 2. The molecule has 28 heavy (non-hydrogen) atoms. The van der Waals surface area contributed by atoms with Crippen LogP contribution in [-0.4, -0.2) is 15.9 Å². The fourth-order valence-electron chi connectivity index (χ4n) is 2.53. The number of primary amides is 1. The van der Waals surface area contributed by atoms with E-state index in [1.807, 2.05) is 0 Å². The first kappa shape index (κ1) is 19.1. The normalized spacial score (nSPS) is 11.1. The number of benzene rings is 1. The van der Waals surface area contributed by atoms with Crippen LogP contribution in [0.25, 0.3) is 16.7 Å². The molecule has 0 fully saturated rings. The Morgan fingerprint density at radius 2 is 1.79 bits per heavy atom. The maximum absolute atomic E-state index is 12.7. The molecule has 0 unspecified atom stereocenters. The highest BCUT2D eigenvalue weighted by Crippen LogP contribution is 2.33. The van der Waals surface area contributed by atoms with E-state index in [0.29, 0.717) is 16.8 Å². The largest absolute Gasteiger partial charge is 0.417 e. The molecule has 1 aromatic carbocycles. The first-order valence-electron chi connectivity index (χ1n) is 8.09. The van der Waals surface area contributed by atoms with Crippen molar-refractivity contribution in [3.8, 4) is 11.1 Å². The highest BCUT2D eigenvalue weighted by Gasteiger charge is 2.30. The Morgan fingerprint density at radius 3 is 2.36 bits per heavy atom. The number of alkyl halides is 3. The van der Waals surface area contributed by atoms with Crippen LogP contribution in [0.5, 0.6) is 0 Å². The topological polar surface area (TPSA) is 80.9 Å². The van der Waals surface area contributed by atoms with Gasteiger partial charge in [-0.05, 0) is 47.5 Å². The monoisotopic (exact) mass is 384 g/mol. The molecule has 0 saturated heterocycles. The number of carbonyl (C=O) groups excluding carboxylic acids is 1. The van der Waals surface area contributed by atoms with Gasteiger partial charge in [-0.25, -0.2) is 4.98 Å². The number of hydrogen-bond donors (Lipinski definition) is 2. The van der Waals surface area contributed by atoms with Crippen molar-refractivity contribution < 1.29 is 18.0 Å². The Morgan fingerprint density at radius 1 is 1.07 bits per heavy atom. The number of nitrogens with two attached hydrogens (primary N) is 1. The quantitative estimate of drug-likeness (QED) is 0.639. The van der Waals surface area contributed by atoms with Crippen LogP contribution in [0.2, 0.25) is 0 Å². The van der Waals surface area contributed by atoms with Crippen molar-refractivity contribution in [2.24, 2.45) is 5.73 Å². The van der Waals surface area contributed by atoms with Crippen molar-refractivity contribution in [2.75, 3.05) is 5.32 Å². The molecule has 3 aromatic rings. The number of halogens is 3. The summed E-state index contributed by atoms with van der Waals surface area (Å²) in [5.41, 5.74) is 7.20. The fraction of sp³-hybridized carbons (Fsp3) is 0.0500. The van der Waals surface area contributed by atoms with Gasteiger partial charge in [0.25, 0.3) is 0 Å². The lowest BCUT2D eigenvalue weighted by molar-refractivity contribution is -0.137. The van der Waals surface area contributed by atoms with Gasteiger partial charge in [0.15, 0.2) is 0 Å². The number of pyridine rings is 2. The number of aromatic nitrogens is 2. The number of nitrogens with one attached hydrogen (secondary N) is 1. The lowest BCUT2D eigenvalue weighted by atomic mass is 9.98. The lowest BCUT2D eigenvalue weighted by Crippen LogP contribution is -2.12. The van der Waals surface area contributed by atoms with Gasteiger partial charge in [-0.15, -0.1) is 0 Å². The van der Waals surface area contributed by atoms with Crippen LogP contribution in [0.15, 0.2) is 67.6 Å². The van der Waals surface area contributed by atoms with E-state index >= 15 is 0 Å². The van der Waals surface area contributed by atoms with E-state index in [2.05, 4.69) is 21.9 Å². The molecule has 0 aliphatic rings. The van der Waals surface area contributed by atoms with E-state index in [-0.39, 0.29) is 11.4 Å². The average Bonchev–Trinajstić information content (AvgIpc) is 2.68. The van der Waals surface area contributed by atoms with Crippen LogP contribution in [0.4, 0.5) is 24.7 Å². The third-order valence-corrected chi connectivity index (χ3v) is 4.01. The van der Waals surface area contributed by atoms with Crippen molar-refractivity contribution in [3.63, 3.8) is 0 Å². The Kier molecular flexibility index (Phi) is 5.12. The first-order chi connectivity index (χ1) is 13.3. The molecule has 3 rings (SSSR count). The molecule has 3 N–H and O–H groups in total. The molecular formula is C20H15F3N4O. The van der Waals surface area contributed by atoms with Crippen LogP contribution >= 0.6 is 0 Å². The second-order valence-electron chi connectivity index (χ2n) is 5.89. The van der Waals surface area contributed by atoms with Gasteiger partial charge >= 0.3 is 6.18 Å². The van der Waals surface area contributed by atoms with Gasteiger partial charge in [-0.1, -0.05) is 12.6 Å². The lowest BCUT2D eigenvalue weighted by Gasteiger charge is -2.14. The Hall–Kier alpha value is -3.68. The molecule has 0 bridgehead atoms. The second-order valence-corrected chi connectivity index (χ2v) is 5.89. The molecular weight excluding hydrogens is 369 g/mol. The molecule has 0 aliphatic heterocycles. The average molecular weight is 384 g/mol. The van der Waals surface area contributed by atoms with Crippen molar-refractivity contribution in [1.82, 2.24) is 9.97 Å². The van der Waals surface area contributed by atoms with Crippen LogP contribution < -0.4 is 11.1 Å². The zero-order valence-corrected chi connectivity index (χ0v) is 14.5. The molecule has 1 amide bonds. The Bertz CT molecular complexity index is 1020. The molecule has 142 valence electrons. The number of rotatable bonds is 5. The van der Waals surface area contributed by atoms with E-state index in [0.717, 1.165) is 17.8 Å². The predicted octanol–water partition coefficient (Wildman–Crippen LogP) is 4.40. The summed E-state index contributed by atoms with van der Waals surface area (Å²) in [6.07, 6.45) is -0.488. The van der Waals surface area contributed by atoms with Crippen molar-refractivity contribution in [1.29, 1.82) is 0 Å². The van der Waals surface area contributed by atoms with Crippen LogP contribution in [0, 0.1) is 0 Å². The molecule has 2 aromatic heterocycles. The summed E-state index contributed by atoms with van der Waals surface area (Å²) < 4.78 is 38.1. The van der Waals surface area contributed by atoms with Crippen LogP contribution in [0.1, 0.15) is 11.1 Å². The molecule has 2 heterocycles. The summed E-state index contributed by atoms with van der Waals surface area (Å²) in [5.74, 6) is -0.407. The fourth-order valence-corrected chi connectivity index (χ4v) is 2.53. The van der Waals surface area contributed by atoms with Gasteiger partial charge in [0.05, 0.1) is 5.56 Å². The van der Waals surface area contributed by atoms with Crippen molar-refractivity contribution >= 4 is 23.0 Å². The zero-order chi connectivity index (χ0) is 20.3. The summed E-state index contributed by atoms with van der Waals surface area (Å²) in [4.78, 5) is 19.2. The molecule has 0 radical (unpaired) electrons. The van der Waals surface area contributed by atoms with Crippen LogP contribution in [-0.2, 0) is 11.0 Å². The number of amides is 1. The number of carbonyl (C=O) groups is 1. The first-order valence-corrected chi connectivity index (χ1v) is 8.09. The highest BCUT2D eigenvalue weighted by molar-refractivity contribution is 6.18. The van der Waals surface area contributed by atoms with Gasteiger partial charge in [0.2, 0.25) is 5.91 Å². The Labute approximate surface area is 158 Å². The summed E-state index contributed by atoms with van der Waals surface area (Å²) in [7, 11) is 0. The Balaban J connectivity index is 2.00. The van der Waals surface area contributed by atoms with Crippen LogP contribution in [0.3, 0.4) is 0 Å². The third-order valence-electron chi connectivity index (χ3n) is 4.01. The minimum atomic E-state index is -4.45. The van der Waals surface area contributed by atoms with Gasteiger partial charge in [0, 0.05) is 35.4 Å². The zero-order valence-electron chi connectivity index (χ0n) is 14.5. The van der Waals surface area contributed by atoms with Gasteiger partial charge in [0.1, 0.15) is 5.82 Å². The highest BCUT2D eigenvalue weighted by atomic mass is 19.4. The standard InChI is InChI=1S/C20H15F3N4O/c1-12(19(24)28)14-2-4-17(16(10-14)13-6-8-25-9-7-13)27-18-5-3-15(11-26-18)20(21,22)23/h2-11H,1H2,(H2,24,28)(H,26,27). The van der Waals surface area contributed by atoms with Gasteiger partial charge < -0.3 is 11.1 Å². The van der Waals surface area contributed by atoms with E-state index in [9.17, 15) is 18.0 Å². The minimum absolute atomic E-state index is 0.148. The van der Waals surface area contributed by atoms with E-state index in [4.69, 9.17) is 5.73 Å². The number of hydrogen-bond acceptors (Lipinski definition) is 4. The smallest absolute Gasteiger partial charge is 0.366 e. The third kappa shape index (κ3) is 4.17. The minimum Gasteiger partial charge on any atom is -0.366 e. The van der Waals surface area contributed by atoms with Crippen molar-refractivity contribution in [2.45, 2.75) is 6.18 Å². The van der Waals surface area contributed by atoms with Gasteiger partial charge in [-0.2, -0.15) is 13.2 Å². The predicted molar refractivity (Wildman–Crippen MR) is 100 cm³/mol. The summed E-state index contributed by atoms with van der Waals surface area (Å²) in [6.45, 7) is 3.68. The van der Waals surface area contributed by atoms with E-state index < -0.39 is 17.6 Å². The van der Waals surface area contributed by atoms with Gasteiger partial charge in [-0.3, -0.25) is 9.78 Å². The maximum atomic E-state index is 12.7. The molecule has 5 nitrogen and oxygen atoms in total. The summed E-state index contributed by atoms with van der Waals surface area (Å²) in [5, 5.41) is 3.00. The van der Waals surface area contributed by atoms with Crippen molar-refractivity contribution in [3.05, 3.63) is 78.8 Å². The molecule has 0 saturated carbocycles. The molecule has 0 spiro atoms. The summed E-state index contributed by atoms with van der Waals surface area (Å²) in [6, 6.07) is 10.8. The van der Waals surface area contributed by atoms with E-state index in [1.165, 1.54) is 6.07 Å². The molecule has 8 heteroatoms. The maximum Gasteiger partial charge on any atom is 0.417 e.